The Morgan fingerprint density at radius 1 is 1.29 bits per heavy atom. The zero-order valence-electron chi connectivity index (χ0n) is 9.08. The molecule has 0 aliphatic rings. The van der Waals surface area contributed by atoms with Gasteiger partial charge in [0.25, 0.3) is 0 Å². The van der Waals surface area contributed by atoms with Crippen LogP contribution in [-0.2, 0) is 0 Å². The van der Waals surface area contributed by atoms with Gasteiger partial charge in [-0.1, -0.05) is 6.92 Å². The van der Waals surface area contributed by atoms with Gasteiger partial charge in [0.15, 0.2) is 0 Å². The largest absolute Gasteiger partial charge is 0.493 e. The summed E-state index contributed by atoms with van der Waals surface area (Å²) >= 11 is 0. The number of benzene rings is 1. The minimum Gasteiger partial charge on any atom is -0.493 e. The highest BCUT2D eigenvalue weighted by Crippen LogP contribution is 2.24. The Hall–Kier alpha value is -1.38. The van der Waals surface area contributed by atoms with Gasteiger partial charge < -0.3 is 15.4 Å². The topological polar surface area (TPSA) is 38.5 Å². The number of nitrogens with zero attached hydrogens (tertiary/aromatic N) is 1. The summed E-state index contributed by atoms with van der Waals surface area (Å²) in [5, 5.41) is 0. The molecular weight excluding hydrogens is 176 g/mol. The number of nitrogens with two attached hydrogens (primary N) is 1. The molecule has 1 aromatic rings. The lowest BCUT2D eigenvalue weighted by Crippen LogP contribution is -2.09. The third kappa shape index (κ3) is 2.83. The Bertz CT molecular complexity index is 297. The predicted molar refractivity (Wildman–Crippen MR) is 61.0 cm³/mol. The van der Waals surface area contributed by atoms with E-state index in [9.17, 15) is 0 Å². The number of hydrogen-bond acceptors (Lipinski definition) is 3. The van der Waals surface area contributed by atoms with E-state index < -0.39 is 0 Å². The van der Waals surface area contributed by atoms with Crippen molar-refractivity contribution in [3.05, 3.63) is 18.2 Å². The van der Waals surface area contributed by atoms with Crippen LogP contribution in [0.1, 0.15) is 13.3 Å². The van der Waals surface area contributed by atoms with E-state index in [0.29, 0.717) is 0 Å². The van der Waals surface area contributed by atoms with E-state index >= 15 is 0 Å². The lowest BCUT2D eigenvalue weighted by atomic mass is 10.2. The first-order chi connectivity index (χ1) is 6.63. The second-order valence-corrected chi connectivity index (χ2v) is 3.50. The van der Waals surface area contributed by atoms with E-state index in [1.54, 1.807) is 0 Å². The maximum atomic E-state index is 5.76. The quantitative estimate of drug-likeness (QED) is 0.746. The van der Waals surface area contributed by atoms with Crippen LogP contribution in [0, 0.1) is 0 Å². The minimum atomic E-state index is 0.732. The Morgan fingerprint density at radius 3 is 2.57 bits per heavy atom. The van der Waals surface area contributed by atoms with Gasteiger partial charge in [-0.3, -0.25) is 0 Å². The van der Waals surface area contributed by atoms with Crippen LogP contribution in [-0.4, -0.2) is 20.7 Å². The number of rotatable bonds is 4. The zero-order valence-corrected chi connectivity index (χ0v) is 9.08. The molecule has 0 aromatic heterocycles. The van der Waals surface area contributed by atoms with Crippen molar-refractivity contribution in [1.29, 1.82) is 0 Å². The van der Waals surface area contributed by atoms with Crippen LogP contribution in [0.2, 0.25) is 0 Å². The highest BCUT2D eigenvalue weighted by atomic mass is 16.5. The molecule has 0 heterocycles. The maximum Gasteiger partial charge on any atom is 0.123 e. The van der Waals surface area contributed by atoms with Crippen molar-refractivity contribution in [1.82, 2.24) is 0 Å². The van der Waals surface area contributed by atoms with Crippen LogP contribution in [0.5, 0.6) is 5.75 Å². The molecular formula is C11H18N2O. The summed E-state index contributed by atoms with van der Waals surface area (Å²) in [6.07, 6.45) is 1.01. The fraction of sp³-hybridized carbons (Fsp3) is 0.455. The average molecular weight is 194 g/mol. The van der Waals surface area contributed by atoms with Crippen molar-refractivity contribution in [2.75, 3.05) is 31.3 Å². The van der Waals surface area contributed by atoms with Crippen molar-refractivity contribution in [3.8, 4) is 5.75 Å². The van der Waals surface area contributed by atoms with E-state index in [4.69, 9.17) is 10.5 Å². The SMILES string of the molecule is CCCOc1cc(N)cc(N(C)C)c1. The molecule has 1 rings (SSSR count). The van der Waals surface area contributed by atoms with Crippen LogP contribution >= 0.6 is 0 Å². The van der Waals surface area contributed by atoms with Crippen LogP contribution in [0.15, 0.2) is 18.2 Å². The molecule has 0 radical (unpaired) electrons. The van der Waals surface area contributed by atoms with Gasteiger partial charge in [0.05, 0.1) is 6.61 Å². The summed E-state index contributed by atoms with van der Waals surface area (Å²) in [5.41, 5.74) is 7.57. The van der Waals surface area contributed by atoms with Crippen molar-refractivity contribution >= 4 is 11.4 Å². The molecule has 2 N–H and O–H groups in total. The monoisotopic (exact) mass is 194 g/mol. The minimum absolute atomic E-state index is 0.732. The van der Waals surface area contributed by atoms with Crippen molar-refractivity contribution in [3.63, 3.8) is 0 Å². The summed E-state index contributed by atoms with van der Waals surface area (Å²) < 4.78 is 5.52. The Balaban J connectivity index is 2.84. The Morgan fingerprint density at radius 2 is 2.00 bits per heavy atom. The van der Waals surface area contributed by atoms with Crippen molar-refractivity contribution in [2.45, 2.75) is 13.3 Å². The van der Waals surface area contributed by atoms with Gasteiger partial charge >= 0.3 is 0 Å². The third-order valence-corrected chi connectivity index (χ3v) is 1.90. The summed E-state index contributed by atoms with van der Waals surface area (Å²) in [7, 11) is 3.97. The second kappa shape index (κ2) is 4.74. The first-order valence-corrected chi connectivity index (χ1v) is 4.84. The molecule has 0 amide bonds. The molecule has 0 fully saturated rings. The van der Waals surface area contributed by atoms with Gasteiger partial charge in [0.2, 0.25) is 0 Å². The normalized spacial score (nSPS) is 9.93. The molecule has 3 heteroatoms. The van der Waals surface area contributed by atoms with Crippen LogP contribution in [0.4, 0.5) is 11.4 Å². The average Bonchev–Trinajstić information content (AvgIpc) is 2.14. The second-order valence-electron chi connectivity index (χ2n) is 3.50. The summed E-state index contributed by atoms with van der Waals surface area (Å²) in [6, 6.07) is 5.77. The van der Waals surface area contributed by atoms with Crippen molar-refractivity contribution < 1.29 is 4.74 Å². The first-order valence-electron chi connectivity index (χ1n) is 4.84. The Kier molecular flexibility index (Phi) is 3.63. The van der Waals surface area contributed by atoms with Gasteiger partial charge in [-0.25, -0.2) is 0 Å². The van der Waals surface area contributed by atoms with Gasteiger partial charge in [0.1, 0.15) is 5.75 Å². The predicted octanol–water partition coefficient (Wildman–Crippen LogP) is 2.12. The van der Waals surface area contributed by atoms with E-state index in [-0.39, 0.29) is 0 Å². The number of nitrogen functional groups attached to an aromatic ring is 1. The molecule has 0 bridgehead atoms. The maximum absolute atomic E-state index is 5.76. The van der Waals surface area contributed by atoms with E-state index in [1.807, 2.05) is 37.2 Å². The van der Waals surface area contributed by atoms with E-state index in [1.165, 1.54) is 0 Å². The fourth-order valence-electron chi connectivity index (χ4n) is 1.17. The first kappa shape index (κ1) is 10.7. The number of ether oxygens (including phenoxy) is 1. The fourth-order valence-corrected chi connectivity index (χ4v) is 1.17. The smallest absolute Gasteiger partial charge is 0.123 e. The summed E-state index contributed by atoms with van der Waals surface area (Å²) in [5.74, 6) is 0.843. The van der Waals surface area contributed by atoms with Gasteiger partial charge in [-0.2, -0.15) is 0 Å². The van der Waals surface area contributed by atoms with E-state index in [2.05, 4.69) is 6.92 Å². The molecule has 0 aliphatic carbocycles. The third-order valence-electron chi connectivity index (χ3n) is 1.90. The highest BCUT2D eigenvalue weighted by Gasteiger charge is 2.01. The summed E-state index contributed by atoms with van der Waals surface area (Å²) in [4.78, 5) is 2.01. The molecule has 0 saturated carbocycles. The summed E-state index contributed by atoms with van der Waals surface area (Å²) in [6.45, 7) is 2.81. The van der Waals surface area contributed by atoms with Crippen LogP contribution < -0.4 is 15.4 Å². The van der Waals surface area contributed by atoms with E-state index in [0.717, 1.165) is 30.2 Å². The molecule has 78 valence electrons. The number of anilines is 2. The lowest BCUT2D eigenvalue weighted by Gasteiger charge is -2.15. The molecule has 0 aliphatic heterocycles. The molecule has 1 aromatic carbocycles. The Labute approximate surface area is 85.5 Å². The molecule has 0 atom stereocenters. The molecule has 0 spiro atoms. The zero-order chi connectivity index (χ0) is 10.6. The molecule has 14 heavy (non-hydrogen) atoms. The van der Waals surface area contributed by atoms with Gasteiger partial charge in [-0.15, -0.1) is 0 Å². The number of hydrogen-bond donors (Lipinski definition) is 1. The lowest BCUT2D eigenvalue weighted by molar-refractivity contribution is 0.317. The van der Waals surface area contributed by atoms with Crippen LogP contribution in [0.25, 0.3) is 0 Å². The molecule has 3 nitrogen and oxygen atoms in total. The van der Waals surface area contributed by atoms with Crippen molar-refractivity contribution in [2.24, 2.45) is 0 Å². The standard InChI is InChI=1S/C11H18N2O/c1-4-5-14-11-7-9(12)6-10(8-11)13(2)3/h6-8H,4-5,12H2,1-3H3. The molecule has 0 unspecified atom stereocenters. The molecule has 0 saturated heterocycles. The van der Waals surface area contributed by atoms with Gasteiger partial charge in [-0.05, 0) is 12.5 Å². The van der Waals surface area contributed by atoms with Crippen LogP contribution in [0.3, 0.4) is 0 Å². The highest BCUT2D eigenvalue weighted by molar-refractivity contribution is 5.59. The van der Waals surface area contributed by atoms with Gasteiger partial charge in [0, 0.05) is 37.6 Å².